The van der Waals surface area contributed by atoms with Crippen LogP contribution >= 0.6 is 22.9 Å². The van der Waals surface area contributed by atoms with Gasteiger partial charge < -0.3 is 19.5 Å². The predicted octanol–water partition coefficient (Wildman–Crippen LogP) is 5.04. The number of Topliss-reactive ketones (excluding diaryl/α,β-unsaturated/α-hetero) is 1. The van der Waals surface area contributed by atoms with E-state index < -0.39 is 17.7 Å². The minimum Gasteiger partial charge on any atom is -0.507 e. The Morgan fingerprint density at radius 1 is 1.09 bits per heavy atom. The lowest BCUT2D eigenvalue weighted by Gasteiger charge is -2.25. The van der Waals surface area contributed by atoms with Crippen LogP contribution < -0.4 is 9.47 Å². The van der Waals surface area contributed by atoms with Gasteiger partial charge in [0, 0.05) is 16.0 Å². The summed E-state index contributed by atoms with van der Waals surface area (Å²) in [4.78, 5) is 28.4. The van der Waals surface area contributed by atoms with Crippen LogP contribution in [0.4, 0.5) is 0 Å². The van der Waals surface area contributed by atoms with E-state index in [1.165, 1.54) is 29.4 Å². The molecule has 1 amide bonds. The first-order valence-corrected chi connectivity index (χ1v) is 11.0. The average molecular weight is 470 g/mol. The number of amides is 1. The number of carbonyl (C=O) groups is 2. The Morgan fingerprint density at radius 2 is 1.88 bits per heavy atom. The summed E-state index contributed by atoms with van der Waals surface area (Å²) in [6.45, 7) is 0.139. The van der Waals surface area contributed by atoms with Gasteiger partial charge in [-0.2, -0.15) is 0 Å². The monoisotopic (exact) mass is 469 g/mol. The fourth-order valence-electron chi connectivity index (χ4n) is 3.76. The Kier molecular flexibility index (Phi) is 6.21. The zero-order valence-electron chi connectivity index (χ0n) is 17.4. The summed E-state index contributed by atoms with van der Waals surface area (Å²) in [5.41, 5.74) is 0.961. The van der Waals surface area contributed by atoms with Gasteiger partial charge in [0.15, 0.2) is 0 Å². The second-order valence-corrected chi connectivity index (χ2v) is 8.49. The topological polar surface area (TPSA) is 76.1 Å². The summed E-state index contributed by atoms with van der Waals surface area (Å²) in [6.07, 6.45) is 0. The molecule has 1 fully saturated rings. The standard InChI is InChI=1S/C24H20ClNO5S/c1-30-15-9-10-17(25)16(12-15)22(27)20-21(19-8-5-11-32-19)26(24(29)23(20)28)13-14-6-3-4-7-18(14)31-2/h3-12,21,27H,13H2,1-2H3/b22-20-. The highest BCUT2D eigenvalue weighted by Crippen LogP contribution is 2.43. The molecule has 3 aromatic rings. The number of nitrogens with zero attached hydrogens (tertiary/aromatic N) is 1. The molecule has 0 aliphatic carbocycles. The van der Waals surface area contributed by atoms with Crippen molar-refractivity contribution in [1.29, 1.82) is 0 Å². The zero-order chi connectivity index (χ0) is 22.8. The largest absolute Gasteiger partial charge is 0.507 e. The van der Waals surface area contributed by atoms with Crippen LogP contribution in [0.1, 0.15) is 22.0 Å². The van der Waals surface area contributed by atoms with Gasteiger partial charge in [-0.3, -0.25) is 9.59 Å². The molecular weight excluding hydrogens is 450 g/mol. The van der Waals surface area contributed by atoms with Gasteiger partial charge in [0.05, 0.1) is 37.4 Å². The molecule has 164 valence electrons. The van der Waals surface area contributed by atoms with Crippen LogP contribution in [0.5, 0.6) is 11.5 Å². The van der Waals surface area contributed by atoms with Crippen molar-refractivity contribution in [3.8, 4) is 11.5 Å². The molecule has 0 spiro atoms. The number of aliphatic hydroxyl groups excluding tert-OH is 1. The van der Waals surface area contributed by atoms with Crippen molar-refractivity contribution in [3.05, 3.63) is 86.6 Å². The number of para-hydroxylation sites is 1. The van der Waals surface area contributed by atoms with Crippen LogP contribution in [-0.2, 0) is 16.1 Å². The summed E-state index contributed by atoms with van der Waals surface area (Å²) in [5.74, 6) is -0.736. The fraction of sp³-hybridized carbons (Fsp3) is 0.167. The van der Waals surface area contributed by atoms with E-state index in [0.29, 0.717) is 11.5 Å². The van der Waals surface area contributed by atoms with Crippen molar-refractivity contribution >= 4 is 40.4 Å². The summed E-state index contributed by atoms with van der Waals surface area (Å²) in [6, 6.07) is 15.0. The maximum absolute atomic E-state index is 13.1. The van der Waals surface area contributed by atoms with E-state index in [1.807, 2.05) is 35.7 Å². The molecule has 0 bridgehead atoms. The number of hydrogen-bond acceptors (Lipinski definition) is 6. The van der Waals surface area contributed by atoms with Gasteiger partial charge >= 0.3 is 0 Å². The van der Waals surface area contributed by atoms with Gasteiger partial charge in [-0.15, -0.1) is 11.3 Å². The van der Waals surface area contributed by atoms with E-state index >= 15 is 0 Å². The molecule has 2 aromatic carbocycles. The van der Waals surface area contributed by atoms with Crippen LogP contribution in [0.3, 0.4) is 0 Å². The number of rotatable bonds is 6. The van der Waals surface area contributed by atoms with Crippen LogP contribution in [0.25, 0.3) is 5.76 Å². The second kappa shape index (κ2) is 9.06. The highest BCUT2D eigenvalue weighted by atomic mass is 35.5. The van der Waals surface area contributed by atoms with Crippen LogP contribution in [0.15, 0.2) is 65.6 Å². The van der Waals surface area contributed by atoms with E-state index in [-0.39, 0.29) is 28.5 Å². The number of benzene rings is 2. The fourth-order valence-corrected chi connectivity index (χ4v) is 4.81. The number of thiophene rings is 1. The van der Waals surface area contributed by atoms with Gasteiger partial charge in [-0.05, 0) is 35.7 Å². The van der Waals surface area contributed by atoms with Gasteiger partial charge in [-0.25, -0.2) is 0 Å². The molecule has 4 rings (SSSR count). The van der Waals surface area contributed by atoms with Gasteiger partial charge in [0.2, 0.25) is 0 Å². The Balaban J connectivity index is 1.87. The molecule has 1 saturated heterocycles. The van der Waals surface area contributed by atoms with E-state index in [2.05, 4.69) is 0 Å². The van der Waals surface area contributed by atoms with Gasteiger partial charge in [0.1, 0.15) is 17.3 Å². The third kappa shape index (κ3) is 3.85. The normalized spacial score (nSPS) is 17.6. The first kappa shape index (κ1) is 21.9. The molecule has 0 radical (unpaired) electrons. The molecule has 1 aliphatic heterocycles. The molecule has 0 saturated carbocycles. The number of ether oxygens (including phenoxy) is 2. The smallest absolute Gasteiger partial charge is 0.295 e. The third-order valence-corrected chi connectivity index (χ3v) is 6.57. The molecule has 6 nitrogen and oxygen atoms in total. The molecule has 1 aromatic heterocycles. The minimum absolute atomic E-state index is 0.0116. The van der Waals surface area contributed by atoms with Crippen molar-refractivity contribution in [2.75, 3.05) is 14.2 Å². The number of likely N-dealkylation sites (tertiary alicyclic amines) is 1. The van der Waals surface area contributed by atoms with Crippen LogP contribution in [0, 0.1) is 0 Å². The lowest BCUT2D eigenvalue weighted by Crippen LogP contribution is -2.29. The maximum atomic E-state index is 13.1. The summed E-state index contributed by atoms with van der Waals surface area (Å²) < 4.78 is 10.6. The Morgan fingerprint density at radius 3 is 2.56 bits per heavy atom. The van der Waals surface area contributed by atoms with Gasteiger partial charge in [-0.1, -0.05) is 35.9 Å². The van der Waals surface area contributed by atoms with E-state index in [0.717, 1.165) is 10.4 Å². The number of aliphatic hydroxyl groups is 1. The SMILES string of the molecule is COc1ccc(Cl)c(/C(O)=C2/C(=O)C(=O)N(Cc3ccccc3OC)C2c2cccs2)c1. The van der Waals surface area contributed by atoms with E-state index in [9.17, 15) is 14.7 Å². The summed E-state index contributed by atoms with van der Waals surface area (Å²) in [7, 11) is 3.04. The number of methoxy groups -OCH3 is 2. The van der Waals surface area contributed by atoms with E-state index in [4.69, 9.17) is 21.1 Å². The lowest BCUT2D eigenvalue weighted by molar-refractivity contribution is -0.140. The first-order chi connectivity index (χ1) is 15.5. The molecular formula is C24H20ClNO5S. The Hall–Kier alpha value is -3.29. The predicted molar refractivity (Wildman–Crippen MR) is 123 cm³/mol. The number of hydrogen-bond donors (Lipinski definition) is 1. The Labute approximate surface area is 194 Å². The van der Waals surface area contributed by atoms with Crippen LogP contribution in [-0.4, -0.2) is 35.9 Å². The zero-order valence-corrected chi connectivity index (χ0v) is 18.9. The van der Waals surface area contributed by atoms with Crippen molar-refractivity contribution in [3.63, 3.8) is 0 Å². The molecule has 8 heteroatoms. The molecule has 1 aliphatic rings. The van der Waals surface area contributed by atoms with E-state index in [1.54, 1.807) is 25.3 Å². The highest BCUT2D eigenvalue weighted by Gasteiger charge is 2.47. The number of ketones is 1. The average Bonchev–Trinajstić information content (AvgIpc) is 3.42. The quantitative estimate of drug-likeness (QED) is 0.311. The van der Waals surface area contributed by atoms with Gasteiger partial charge in [0.25, 0.3) is 11.7 Å². The van der Waals surface area contributed by atoms with Crippen molar-refractivity contribution in [1.82, 2.24) is 4.90 Å². The molecule has 1 unspecified atom stereocenters. The van der Waals surface area contributed by atoms with Crippen molar-refractivity contribution < 1.29 is 24.2 Å². The number of carbonyl (C=O) groups excluding carboxylic acids is 2. The number of halogens is 1. The van der Waals surface area contributed by atoms with Crippen molar-refractivity contribution in [2.45, 2.75) is 12.6 Å². The highest BCUT2D eigenvalue weighted by molar-refractivity contribution is 7.10. The third-order valence-electron chi connectivity index (χ3n) is 5.31. The van der Waals surface area contributed by atoms with Crippen LogP contribution in [0.2, 0.25) is 5.02 Å². The second-order valence-electron chi connectivity index (χ2n) is 7.10. The molecule has 1 N–H and O–H groups in total. The summed E-state index contributed by atoms with van der Waals surface area (Å²) >= 11 is 7.71. The van der Waals surface area contributed by atoms with Crippen molar-refractivity contribution in [2.24, 2.45) is 0 Å². The molecule has 1 atom stereocenters. The minimum atomic E-state index is -0.769. The summed E-state index contributed by atoms with van der Waals surface area (Å²) in [5, 5.41) is 13.3. The Bertz CT molecular complexity index is 1200. The lowest BCUT2D eigenvalue weighted by atomic mass is 9.99. The molecule has 32 heavy (non-hydrogen) atoms. The first-order valence-electron chi connectivity index (χ1n) is 9.74. The maximum Gasteiger partial charge on any atom is 0.295 e. The molecule has 2 heterocycles.